The molecule has 1 N–H and O–H groups in total. The average molecular weight is 238 g/mol. The lowest BCUT2D eigenvalue weighted by Crippen LogP contribution is -2.25. The topological polar surface area (TPSA) is 26.2 Å². The van der Waals surface area contributed by atoms with E-state index < -0.39 is 0 Å². The highest BCUT2D eigenvalue weighted by atomic mass is 32.2. The summed E-state index contributed by atoms with van der Waals surface area (Å²) in [6.45, 7) is 3.87. The third-order valence-corrected chi connectivity index (χ3v) is 4.33. The van der Waals surface area contributed by atoms with Crippen LogP contribution >= 0.6 is 11.8 Å². The van der Waals surface area contributed by atoms with Crippen LogP contribution in [0.25, 0.3) is 0 Å². The summed E-state index contributed by atoms with van der Waals surface area (Å²) >= 11 is 2.04. The Balaban J connectivity index is 1.84. The van der Waals surface area contributed by atoms with Crippen molar-refractivity contribution in [2.75, 3.05) is 25.5 Å². The summed E-state index contributed by atoms with van der Waals surface area (Å²) in [7, 11) is 0. The Morgan fingerprint density at radius 1 is 1.38 bits per heavy atom. The van der Waals surface area contributed by atoms with Gasteiger partial charge in [-0.1, -0.05) is 0 Å². The summed E-state index contributed by atoms with van der Waals surface area (Å²) < 4.78 is 7.99. The molecule has 0 bridgehead atoms. The molecule has 3 rings (SSSR count). The molecule has 1 unspecified atom stereocenters. The lowest BCUT2D eigenvalue weighted by molar-refractivity contribution is 0.149. The lowest BCUT2D eigenvalue weighted by atomic mass is 10.1. The van der Waals surface area contributed by atoms with E-state index >= 15 is 0 Å². The SMILES string of the molecule is c1cc(C2CCOCCN2)n2c1CSCC2. The van der Waals surface area contributed by atoms with Crippen LogP contribution in [-0.2, 0) is 17.0 Å². The Morgan fingerprint density at radius 2 is 2.38 bits per heavy atom. The molecule has 3 nitrogen and oxygen atoms in total. The molecule has 4 heteroatoms. The zero-order valence-corrected chi connectivity index (χ0v) is 10.3. The van der Waals surface area contributed by atoms with E-state index in [0.29, 0.717) is 6.04 Å². The molecular formula is C12H18N2OS. The predicted molar refractivity (Wildman–Crippen MR) is 66.8 cm³/mol. The van der Waals surface area contributed by atoms with Crippen LogP contribution in [0, 0.1) is 0 Å². The van der Waals surface area contributed by atoms with Crippen LogP contribution in [-0.4, -0.2) is 30.1 Å². The first-order valence-electron chi connectivity index (χ1n) is 6.02. The van der Waals surface area contributed by atoms with Gasteiger partial charge in [0.05, 0.1) is 6.61 Å². The van der Waals surface area contributed by atoms with Crippen LogP contribution < -0.4 is 5.32 Å². The second kappa shape index (κ2) is 4.82. The highest BCUT2D eigenvalue weighted by molar-refractivity contribution is 7.98. The van der Waals surface area contributed by atoms with E-state index in [-0.39, 0.29) is 0 Å². The Hall–Kier alpha value is -0.450. The fraction of sp³-hybridized carbons (Fsp3) is 0.667. The summed E-state index contributed by atoms with van der Waals surface area (Å²) in [5, 5.41) is 3.58. The molecule has 0 amide bonds. The van der Waals surface area contributed by atoms with Gasteiger partial charge in [0.15, 0.2) is 0 Å². The Labute approximate surface area is 101 Å². The second-order valence-electron chi connectivity index (χ2n) is 4.36. The van der Waals surface area contributed by atoms with Crippen LogP contribution in [0.1, 0.15) is 23.9 Å². The molecule has 2 aliphatic rings. The van der Waals surface area contributed by atoms with E-state index in [0.717, 1.165) is 26.2 Å². The van der Waals surface area contributed by atoms with E-state index in [4.69, 9.17) is 4.74 Å². The van der Waals surface area contributed by atoms with Crippen LogP contribution in [0.3, 0.4) is 0 Å². The highest BCUT2D eigenvalue weighted by Crippen LogP contribution is 2.27. The summed E-state index contributed by atoms with van der Waals surface area (Å²) in [5.74, 6) is 2.42. The minimum atomic E-state index is 0.486. The molecule has 16 heavy (non-hydrogen) atoms. The van der Waals surface area contributed by atoms with Gasteiger partial charge in [-0.05, 0) is 18.6 Å². The molecule has 2 aliphatic heterocycles. The quantitative estimate of drug-likeness (QED) is 0.808. The second-order valence-corrected chi connectivity index (χ2v) is 5.47. The van der Waals surface area contributed by atoms with Gasteiger partial charge in [-0.25, -0.2) is 0 Å². The van der Waals surface area contributed by atoms with Crippen molar-refractivity contribution >= 4 is 11.8 Å². The molecule has 1 aromatic heterocycles. The van der Waals surface area contributed by atoms with Crippen molar-refractivity contribution in [3.63, 3.8) is 0 Å². The number of hydrogen-bond acceptors (Lipinski definition) is 3. The Morgan fingerprint density at radius 3 is 3.38 bits per heavy atom. The fourth-order valence-corrected chi connectivity index (χ4v) is 3.44. The molecule has 1 atom stereocenters. The van der Waals surface area contributed by atoms with Crippen molar-refractivity contribution in [3.05, 3.63) is 23.5 Å². The van der Waals surface area contributed by atoms with E-state index in [1.54, 1.807) is 0 Å². The molecule has 3 heterocycles. The van der Waals surface area contributed by atoms with Gasteiger partial charge in [0.25, 0.3) is 0 Å². The summed E-state index contributed by atoms with van der Waals surface area (Å²) in [5.41, 5.74) is 2.94. The third-order valence-electron chi connectivity index (χ3n) is 3.36. The van der Waals surface area contributed by atoms with Gasteiger partial charge in [0.2, 0.25) is 0 Å². The average Bonchev–Trinajstić information content (AvgIpc) is 2.57. The van der Waals surface area contributed by atoms with Crippen molar-refractivity contribution in [2.24, 2.45) is 0 Å². The third kappa shape index (κ3) is 2.01. The van der Waals surface area contributed by atoms with E-state index in [2.05, 4.69) is 22.0 Å². The summed E-state index contributed by atoms with van der Waals surface area (Å²) in [6.07, 6.45) is 1.09. The summed E-state index contributed by atoms with van der Waals surface area (Å²) in [6, 6.07) is 5.07. The van der Waals surface area contributed by atoms with Crippen molar-refractivity contribution < 1.29 is 4.74 Å². The number of ether oxygens (including phenoxy) is 1. The van der Waals surface area contributed by atoms with Crippen LogP contribution in [0.2, 0.25) is 0 Å². The first kappa shape index (κ1) is 10.7. The van der Waals surface area contributed by atoms with E-state index in [1.165, 1.54) is 29.4 Å². The van der Waals surface area contributed by atoms with Gasteiger partial charge in [0, 0.05) is 48.6 Å². The first-order valence-corrected chi connectivity index (χ1v) is 7.18. The highest BCUT2D eigenvalue weighted by Gasteiger charge is 2.20. The number of aromatic nitrogens is 1. The maximum absolute atomic E-state index is 5.49. The van der Waals surface area contributed by atoms with Gasteiger partial charge < -0.3 is 14.6 Å². The number of hydrogen-bond donors (Lipinski definition) is 1. The monoisotopic (exact) mass is 238 g/mol. The molecule has 1 fully saturated rings. The summed E-state index contributed by atoms with van der Waals surface area (Å²) in [4.78, 5) is 0. The van der Waals surface area contributed by atoms with Crippen molar-refractivity contribution in [2.45, 2.75) is 24.8 Å². The number of fused-ring (bicyclic) bond motifs is 1. The smallest absolute Gasteiger partial charge is 0.0591 e. The predicted octanol–water partition coefficient (Wildman–Crippen LogP) is 1.79. The standard InChI is InChI=1S/C12H18N2OS/c1-2-12(11-3-6-15-7-4-13-11)14-5-8-16-9-10(1)14/h1-2,11,13H,3-9H2. The van der Waals surface area contributed by atoms with E-state index in [9.17, 15) is 0 Å². The van der Waals surface area contributed by atoms with Crippen molar-refractivity contribution in [1.29, 1.82) is 0 Å². The van der Waals surface area contributed by atoms with Crippen LogP contribution in [0.5, 0.6) is 0 Å². The minimum Gasteiger partial charge on any atom is -0.380 e. The van der Waals surface area contributed by atoms with Gasteiger partial charge >= 0.3 is 0 Å². The molecule has 1 saturated heterocycles. The zero-order valence-electron chi connectivity index (χ0n) is 9.45. The van der Waals surface area contributed by atoms with Gasteiger partial charge in [-0.2, -0.15) is 11.8 Å². The Bertz CT molecular complexity index is 356. The van der Waals surface area contributed by atoms with E-state index in [1.807, 2.05) is 11.8 Å². The molecule has 0 spiro atoms. The normalized spacial score (nSPS) is 26.1. The number of rotatable bonds is 1. The molecule has 0 aliphatic carbocycles. The first-order chi connectivity index (χ1) is 7.95. The Kier molecular flexibility index (Phi) is 3.22. The molecule has 0 aromatic carbocycles. The van der Waals surface area contributed by atoms with Gasteiger partial charge in [-0.15, -0.1) is 0 Å². The number of thioether (sulfide) groups is 1. The molecule has 88 valence electrons. The maximum Gasteiger partial charge on any atom is 0.0591 e. The largest absolute Gasteiger partial charge is 0.380 e. The molecule has 0 saturated carbocycles. The van der Waals surface area contributed by atoms with Crippen LogP contribution in [0.15, 0.2) is 12.1 Å². The van der Waals surface area contributed by atoms with Crippen molar-refractivity contribution in [1.82, 2.24) is 9.88 Å². The fourth-order valence-electron chi connectivity index (χ4n) is 2.53. The molecule has 0 radical (unpaired) electrons. The van der Waals surface area contributed by atoms with Gasteiger partial charge in [0.1, 0.15) is 0 Å². The molecule has 1 aromatic rings. The lowest BCUT2D eigenvalue weighted by Gasteiger charge is -2.22. The number of nitrogens with zero attached hydrogens (tertiary/aromatic N) is 1. The van der Waals surface area contributed by atoms with Gasteiger partial charge in [-0.3, -0.25) is 0 Å². The molecular weight excluding hydrogens is 220 g/mol. The minimum absolute atomic E-state index is 0.486. The van der Waals surface area contributed by atoms with Crippen LogP contribution in [0.4, 0.5) is 0 Å². The maximum atomic E-state index is 5.49. The number of nitrogens with one attached hydrogen (secondary N) is 1. The zero-order chi connectivity index (χ0) is 10.8. The van der Waals surface area contributed by atoms with Crippen molar-refractivity contribution in [3.8, 4) is 0 Å².